The summed E-state index contributed by atoms with van der Waals surface area (Å²) in [7, 11) is -3.45. The Morgan fingerprint density at radius 3 is 2.74 bits per heavy atom. The van der Waals surface area contributed by atoms with Crippen LogP contribution in [-0.2, 0) is 23.1 Å². The molecule has 2 heterocycles. The number of hydrogen-bond donors (Lipinski definition) is 1. The summed E-state index contributed by atoms with van der Waals surface area (Å²) in [5, 5.41) is 4.28. The molecule has 1 N–H and O–H groups in total. The predicted molar refractivity (Wildman–Crippen MR) is 78.7 cm³/mol. The highest BCUT2D eigenvalue weighted by Crippen LogP contribution is 2.25. The first-order valence-corrected chi connectivity index (χ1v) is 8.79. The van der Waals surface area contributed by atoms with E-state index in [0.717, 1.165) is 21.6 Å². The summed E-state index contributed by atoms with van der Waals surface area (Å²) in [5.41, 5.74) is 1.73. The number of rotatable bonds is 5. The van der Waals surface area contributed by atoms with Crippen LogP contribution in [0.3, 0.4) is 0 Å². The van der Waals surface area contributed by atoms with E-state index in [2.05, 4.69) is 25.8 Å². The van der Waals surface area contributed by atoms with E-state index in [0.29, 0.717) is 4.21 Å². The Morgan fingerprint density at radius 1 is 1.47 bits per heavy atom. The Labute approximate surface area is 124 Å². The van der Waals surface area contributed by atoms with Crippen molar-refractivity contribution in [3.05, 3.63) is 33.4 Å². The Hall–Kier alpha value is -0.700. The third-order valence-electron chi connectivity index (χ3n) is 2.64. The number of aryl methyl sites for hydroxylation is 2. The van der Waals surface area contributed by atoms with Crippen LogP contribution in [-0.4, -0.2) is 18.2 Å². The molecule has 0 atom stereocenters. The number of aromatic nitrogens is 2. The second-order valence-electron chi connectivity index (χ2n) is 3.98. The first-order chi connectivity index (χ1) is 8.92. The molecule has 0 unspecified atom stereocenters. The lowest BCUT2D eigenvalue weighted by Gasteiger charge is -2.03. The van der Waals surface area contributed by atoms with Crippen LogP contribution in [0.5, 0.6) is 0 Å². The van der Waals surface area contributed by atoms with E-state index in [9.17, 15) is 8.42 Å². The number of hydrogen-bond acceptors (Lipinski definition) is 4. The van der Waals surface area contributed by atoms with Crippen molar-refractivity contribution in [2.24, 2.45) is 0 Å². The first-order valence-electron chi connectivity index (χ1n) is 5.70. The van der Waals surface area contributed by atoms with Crippen molar-refractivity contribution in [3.63, 3.8) is 0 Å². The SMILES string of the molecule is CCn1cc(CNS(=O)(=O)c2ccc(Br)s2)c(C)n1. The van der Waals surface area contributed by atoms with Gasteiger partial charge in [0, 0.05) is 24.8 Å². The van der Waals surface area contributed by atoms with Crippen LogP contribution >= 0.6 is 27.3 Å². The van der Waals surface area contributed by atoms with Crippen molar-refractivity contribution in [2.45, 2.75) is 31.1 Å². The topological polar surface area (TPSA) is 64.0 Å². The normalized spacial score (nSPS) is 11.9. The molecular weight excluding hydrogens is 350 g/mol. The van der Waals surface area contributed by atoms with Crippen LogP contribution in [0.15, 0.2) is 26.3 Å². The molecule has 0 radical (unpaired) electrons. The van der Waals surface area contributed by atoms with E-state index in [1.807, 2.05) is 20.0 Å². The molecule has 0 aliphatic heterocycles. The molecule has 0 aliphatic rings. The lowest BCUT2D eigenvalue weighted by Crippen LogP contribution is -2.22. The summed E-state index contributed by atoms with van der Waals surface area (Å²) in [6, 6.07) is 3.30. The molecule has 8 heteroatoms. The van der Waals surface area contributed by atoms with Crippen molar-refractivity contribution >= 4 is 37.3 Å². The van der Waals surface area contributed by atoms with Gasteiger partial charge < -0.3 is 0 Å². The zero-order valence-electron chi connectivity index (χ0n) is 10.6. The molecule has 104 valence electrons. The number of thiophene rings is 1. The molecule has 5 nitrogen and oxygen atoms in total. The van der Waals surface area contributed by atoms with Crippen LogP contribution in [0.1, 0.15) is 18.2 Å². The van der Waals surface area contributed by atoms with Crippen molar-refractivity contribution in [3.8, 4) is 0 Å². The number of nitrogens with one attached hydrogen (secondary N) is 1. The van der Waals surface area contributed by atoms with E-state index in [-0.39, 0.29) is 6.54 Å². The van der Waals surface area contributed by atoms with Crippen molar-refractivity contribution in [2.75, 3.05) is 0 Å². The van der Waals surface area contributed by atoms with E-state index in [4.69, 9.17) is 0 Å². The Morgan fingerprint density at radius 2 is 2.21 bits per heavy atom. The van der Waals surface area contributed by atoms with Gasteiger partial charge in [-0.15, -0.1) is 11.3 Å². The highest BCUT2D eigenvalue weighted by atomic mass is 79.9. The third kappa shape index (κ3) is 3.44. The quantitative estimate of drug-likeness (QED) is 0.887. The third-order valence-corrected chi connectivity index (χ3v) is 6.15. The van der Waals surface area contributed by atoms with Gasteiger partial charge in [-0.2, -0.15) is 5.10 Å². The van der Waals surface area contributed by atoms with Crippen LogP contribution in [0.4, 0.5) is 0 Å². The average molecular weight is 364 g/mol. The minimum atomic E-state index is -3.45. The number of sulfonamides is 1. The van der Waals surface area contributed by atoms with E-state index in [1.165, 1.54) is 11.3 Å². The first kappa shape index (κ1) is 14.7. The average Bonchev–Trinajstić information content (AvgIpc) is 2.93. The summed E-state index contributed by atoms with van der Waals surface area (Å²) >= 11 is 4.45. The van der Waals surface area contributed by atoms with Crippen LogP contribution < -0.4 is 4.72 Å². The standard InChI is InChI=1S/C11H14BrN3O2S2/c1-3-15-7-9(8(2)14-15)6-13-19(16,17)11-5-4-10(12)18-11/h4-5,7,13H,3,6H2,1-2H3. The molecule has 0 amide bonds. The van der Waals surface area contributed by atoms with Gasteiger partial charge in [-0.1, -0.05) is 0 Å². The Bertz CT molecular complexity index is 676. The van der Waals surface area contributed by atoms with Gasteiger partial charge in [-0.05, 0) is 41.9 Å². The molecular formula is C11H14BrN3O2S2. The molecule has 2 aromatic heterocycles. The van der Waals surface area contributed by atoms with Crippen molar-refractivity contribution < 1.29 is 8.42 Å². The summed E-state index contributed by atoms with van der Waals surface area (Å²) in [5.74, 6) is 0. The molecule has 0 fully saturated rings. The molecule has 0 bridgehead atoms. The van der Waals surface area contributed by atoms with Gasteiger partial charge in [0.1, 0.15) is 4.21 Å². The number of nitrogens with zero attached hydrogens (tertiary/aromatic N) is 2. The fourth-order valence-electron chi connectivity index (χ4n) is 1.58. The predicted octanol–water partition coefficient (Wildman–Crippen LogP) is 2.51. The summed E-state index contributed by atoms with van der Waals surface area (Å²) in [6.45, 7) is 4.89. The van der Waals surface area contributed by atoms with Gasteiger partial charge in [0.05, 0.1) is 9.48 Å². The molecule has 19 heavy (non-hydrogen) atoms. The minimum absolute atomic E-state index is 0.254. The van der Waals surface area contributed by atoms with Crippen molar-refractivity contribution in [1.29, 1.82) is 0 Å². The lowest BCUT2D eigenvalue weighted by molar-refractivity contribution is 0.583. The summed E-state index contributed by atoms with van der Waals surface area (Å²) in [4.78, 5) is 0. The van der Waals surface area contributed by atoms with Gasteiger partial charge in [-0.3, -0.25) is 4.68 Å². The fourth-order valence-corrected chi connectivity index (χ4v) is 4.64. The van der Waals surface area contributed by atoms with Crippen LogP contribution in [0.25, 0.3) is 0 Å². The second kappa shape index (κ2) is 5.74. The molecule has 0 aliphatic carbocycles. The molecule has 0 spiro atoms. The smallest absolute Gasteiger partial charge is 0.250 e. The van der Waals surface area contributed by atoms with Gasteiger partial charge in [0.2, 0.25) is 10.0 Å². The van der Waals surface area contributed by atoms with Crippen molar-refractivity contribution in [1.82, 2.24) is 14.5 Å². The molecule has 0 saturated heterocycles. The molecule has 0 saturated carbocycles. The van der Waals surface area contributed by atoms with Gasteiger partial charge in [-0.25, -0.2) is 13.1 Å². The van der Waals surface area contributed by atoms with E-state index >= 15 is 0 Å². The van der Waals surface area contributed by atoms with E-state index < -0.39 is 10.0 Å². The van der Waals surface area contributed by atoms with E-state index in [1.54, 1.807) is 16.8 Å². The highest BCUT2D eigenvalue weighted by Gasteiger charge is 2.17. The monoisotopic (exact) mass is 363 g/mol. The maximum atomic E-state index is 12.1. The minimum Gasteiger partial charge on any atom is -0.272 e. The Balaban J connectivity index is 2.11. The van der Waals surface area contributed by atoms with Crippen LogP contribution in [0.2, 0.25) is 0 Å². The van der Waals surface area contributed by atoms with Gasteiger partial charge >= 0.3 is 0 Å². The molecule has 0 aromatic carbocycles. The van der Waals surface area contributed by atoms with Gasteiger partial charge in [0.25, 0.3) is 0 Å². The number of halogens is 1. The van der Waals surface area contributed by atoms with Crippen LogP contribution in [0, 0.1) is 6.92 Å². The Kier molecular flexibility index (Phi) is 4.44. The zero-order chi connectivity index (χ0) is 14.0. The fraction of sp³-hybridized carbons (Fsp3) is 0.364. The summed E-state index contributed by atoms with van der Waals surface area (Å²) < 4.78 is 29.6. The molecule has 2 rings (SSSR count). The zero-order valence-corrected chi connectivity index (χ0v) is 13.8. The lowest BCUT2D eigenvalue weighted by atomic mass is 10.3. The highest BCUT2D eigenvalue weighted by molar-refractivity contribution is 9.11. The van der Waals surface area contributed by atoms with Gasteiger partial charge in [0.15, 0.2) is 0 Å². The largest absolute Gasteiger partial charge is 0.272 e. The summed E-state index contributed by atoms with van der Waals surface area (Å²) in [6.07, 6.45) is 1.86. The maximum absolute atomic E-state index is 12.1. The second-order valence-corrected chi connectivity index (χ2v) is 8.44. The maximum Gasteiger partial charge on any atom is 0.250 e. The molecule has 2 aromatic rings.